The van der Waals surface area contributed by atoms with E-state index in [0.29, 0.717) is 0 Å². The van der Waals surface area contributed by atoms with Gasteiger partial charge in [0.05, 0.1) is 0 Å². The lowest BCUT2D eigenvalue weighted by Gasteiger charge is -2.34. The van der Waals surface area contributed by atoms with Crippen LogP contribution in [0, 0.1) is 0 Å². The van der Waals surface area contributed by atoms with Crippen molar-refractivity contribution in [2.24, 2.45) is 0 Å². The number of carboxylic acid groups (broad SMARTS) is 1. The number of rotatable bonds is 3. The van der Waals surface area contributed by atoms with Gasteiger partial charge >= 0.3 is 5.97 Å². The van der Waals surface area contributed by atoms with E-state index in [2.05, 4.69) is 5.32 Å². The zero-order chi connectivity index (χ0) is 12.4. The Morgan fingerprint density at radius 2 is 1.62 bits per heavy atom. The Hall–Kier alpha value is -1.35. The van der Waals surface area contributed by atoms with Gasteiger partial charge in [0.25, 0.3) is 0 Å². The SMILES string of the molecule is CC(C)(C)NC(C)(C(=O)O)c1ccccc1. The normalized spacial score (nSPS) is 15.5. The molecule has 1 aromatic carbocycles. The van der Waals surface area contributed by atoms with Crippen LogP contribution in [0.25, 0.3) is 0 Å². The maximum absolute atomic E-state index is 11.4. The predicted octanol–water partition coefficient (Wildman–Crippen LogP) is 2.37. The minimum absolute atomic E-state index is 0.261. The molecule has 16 heavy (non-hydrogen) atoms. The highest BCUT2D eigenvalue weighted by atomic mass is 16.4. The highest BCUT2D eigenvalue weighted by molar-refractivity contribution is 5.80. The topological polar surface area (TPSA) is 49.3 Å². The van der Waals surface area contributed by atoms with Crippen LogP contribution in [0.5, 0.6) is 0 Å². The Morgan fingerprint density at radius 1 is 1.12 bits per heavy atom. The Balaban J connectivity index is 3.13. The summed E-state index contributed by atoms with van der Waals surface area (Å²) in [5.41, 5.74) is -0.555. The van der Waals surface area contributed by atoms with E-state index in [0.717, 1.165) is 5.56 Å². The van der Waals surface area contributed by atoms with Crippen LogP contribution in [-0.4, -0.2) is 16.6 Å². The number of aliphatic carboxylic acids is 1. The molecular formula is C13H19NO2. The van der Waals surface area contributed by atoms with Crippen molar-refractivity contribution in [2.45, 2.75) is 38.8 Å². The number of carboxylic acids is 1. The Labute approximate surface area is 96.5 Å². The van der Waals surface area contributed by atoms with Crippen LogP contribution in [0.2, 0.25) is 0 Å². The molecule has 0 aliphatic heterocycles. The maximum Gasteiger partial charge on any atom is 0.328 e. The van der Waals surface area contributed by atoms with Gasteiger partial charge in [-0.25, -0.2) is 4.79 Å². The van der Waals surface area contributed by atoms with Crippen LogP contribution in [-0.2, 0) is 10.3 Å². The van der Waals surface area contributed by atoms with E-state index in [4.69, 9.17) is 0 Å². The highest BCUT2D eigenvalue weighted by Gasteiger charge is 2.37. The Morgan fingerprint density at radius 3 is 2.00 bits per heavy atom. The van der Waals surface area contributed by atoms with Crippen LogP contribution in [0.3, 0.4) is 0 Å². The van der Waals surface area contributed by atoms with Gasteiger partial charge in [-0.1, -0.05) is 30.3 Å². The van der Waals surface area contributed by atoms with Gasteiger partial charge in [-0.05, 0) is 33.3 Å². The highest BCUT2D eigenvalue weighted by Crippen LogP contribution is 2.23. The second-order valence-electron chi connectivity index (χ2n) is 5.17. The van der Waals surface area contributed by atoms with Crippen molar-refractivity contribution in [3.8, 4) is 0 Å². The van der Waals surface area contributed by atoms with Crippen molar-refractivity contribution in [1.29, 1.82) is 0 Å². The zero-order valence-corrected chi connectivity index (χ0v) is 10.2. The summed E-state index contributed by atoms with van der Waals surface area (Å²) in [6, 6.07) is 9.23. The standard InChI is InChI=1S/C13H19NO2/c1-12(2,3)14-13(4,11(15)16)10-8-6-5-7-9-10/h5-9,14H,1-4H3,(H,15,16). The minimum atomic E-state index is -1.06. The van der Waals surface area contributed by atoms with E-state index < -0.39 is 11.5 Å². The zero-order valence-electron chi connectivity index (χ0n) is 10.2. The Kier molecular flexibility index (Phi) is 3.38. The average Bonchev–Trinajstić information content (AvgIpc) is 2.16. The molecule has 1 atom stereocenters. The van der Waals surface area contributed by atoms with Gasteiger partial charge in [-0.15, -0.1) is 0 Å². The molecule has 0 bridgehead atoms. The van der Waals surface area contributed by atoms with Gasteiger partial charge in [-0.2, -0.15) is 0 Å². The van der Waals surface area contributed by atoms with Gasteiger partial charge < -0.3 is 5.11 Å². The summed E-state index contributed by atoms with van der Waals surface area (Å²) in [6.45, 7) is 7.56. The van der Waals surface area contributed by atoms with Crippen molar-refractivity contribution in [1.82, 2.24) is 5.32 Å². The molecular weight excluding hydrogens is 202 g/mol. The van der Waals surface area contributed by atoms with Crippen LogP contribution in [0.1, 0.15) is 33.3 Å². The number of hydrogen-bond acceptors (Lipinski definition) is 2. The van der Waals surface area contributed by atoms with E-state index in [9.17, 15) is 9.90 Å². The summed E-state index contributed by atoms with van der Waals surface area (Å²) >= 11 is 0. The molecule has 1 unspecified atom stereocenters. The second-order valence-corrected chi connectivity index (χ2v) is 5.17. The number of nitrogens with one attached hydrogen (secondary N) is 1. The quantitative estimate of drug-likeness (QED) is 0.823. The van der Waals surface area contributed by atoms with Crippen molar-refractivity contribution in [2.75, 3.05) is 0 Å². The van der Waals surface area contributed by atoms with Crippen molar-refractivity contribution in [3.05, 3.63) is 35.9 Å². The first-order valence-electron chi connectivity index (χ1n) is 5.34. The van der Waals surface area contributed by atoms with E-state index in [1.807, 2.05) is 51.1 Å². The maximum atomic E-state index is 11.4. The Bertz CT molecular complexity index is 367. The first kappa shape index (κ1) is 12.7. The summed E-state index contributed by atoms with van der Waals surface area (Å²) in [5.74, 6) is -0.867. The molecule has 0 saturated heterocycles. The molecule has 0 amide bonds. The fourth-order valence-electron chi connectivity index (χ4n) is 1.77. The molecule has 0 heterocycles. The van der Waals surface area contributed by atoms with Crippen LogP contribution in [0.15, 0.2) is 30.3 Å². The summed E-state index contributed by atoms with van der Waals surface area (Å²) in [5, 5.41) is 12.5. The monoisotopic (exact) mass is 221 g/mol. The lowest BCUT2D eigenvalue weighted by molar-refractivity contribution is -0.145. The predicted molar refractivity (Wildman–Crippen MR) is 64.3 cm³/mol. The number of carbonyl (C=O) groups is 1. The fraction of sp³-hybridized carbons (Fsp3) is 0.462. The third kappa shape index (κ3) is 2.83. The first-order valence-corrected chi connectivity index (χ1v) is 5.34. The van der Waals surface area contributed by atoms with E-state index in [-0.39, 0.29) is 5.54 Å². The minimum Gasteiger partial charge on any atom is -0.480 e. The average molecular weight is 221 g/mol. The third-order valence-corrected chi connectivity index (χ3v) is 2.40. The number of hydrogen-bond donors (Lipinski definition) is 2. The molecule has 0 aliphatic carbocycles. The van der Waals surface area contributed by atoms with Crippen molar-refractivity contribution < 1.29 is 9.90 Å². The van der Waals surface area contributed by atoms with Gasteiger partial charge in [0, 0.05) is 5.54 Å². The smallest absolute Gasteiger partial charge is 0.328 e. The van der Waals surface area contributed by atoms with E-state index in [1.54, 1.807) is 6.92 Å². The molecule has 0 aliphatic rings. The molecule has 1 aromatic rings. The van der Waals surface area contributed by atoms with E-state index in [1.165, 1.54) is 0 Å². The number of benzene rings is 1. The first-order chi connectivity index (χ1) is 7.26. The fourth-order valence-corrected chi connectivity index (χ4v) is 1.77. The van der Waals surface area contributed by atoms with Crippen LogP contribution >= 0.6 is 0 Å². The summed E-state index contributed by atoms with van der Waals surface area (Å²) in [4.78, 5) is 11.4. The van der Waals surface area contributed by atoms with E-state index >= 15 is 0 Å². The lowest BCUT2D eigenvalue weighted by Crippen LogP contribution is -2.54. The third-order valence-electron chi connectivity index (χ3n) is 2.40. The molecule has 0 fully saturated rings. The summed E-state index contributed by atoms with van der Waals surface area (Å²) in [6.07, 6.45) is 0. The lowest BCUT2D eigenvalue weighted by atomic mass is 9.89. The molecule has 1 rings (SSSR count). The molecule has 0 spiro atoms. The molecule has 3 nitrogen and oxygen atoms in total. The molecule has 0 saturated carbocycles. The van der Waals surface area contributed by atoms with Gasteiger partial charge in [0.2, 0.25) is 0 Å². The molecule has 88 valence electrons. The largest absolute Gasteiger partial charge is 0.480 e. The summed E-state index contributed by atoms with van der Waals surface area (Å²) < 4.78 is 0. The van der Waals surface area contributed by atoms with Crippen molar-refractivity contribution >= 4 is 5.97 Å². The summed E-state index contributed by atoms with van der Waals surface area (Å²) in [7, 11) is 0. The van der Waals surface area contributed by atoms with Gasteiger partial charge in [0.1, 0.15) is 5.54 Å². The van der Waals surface area contributed by atoms with Crippen LogP contribution < -0.4 is 5.32 Å². The molecule has 2 N–H and O–H groups in total. The van der Waals surface area contributed by atoms with Crippen molar-refractivity contribution in [3.63, 3.8) is 0 Å². The molecule has 0 radical (unpaired) electrons. The molecule has 0 aromatic heterocycles. The molecule has 3 heteroatoms. The van der Waals surface area contributed by atoms with Gasteiger partial charge in [0.15, 0.2) is 0 Å². The van der Waals surface area contributed by atoms with Crippen LogP contribution in [0.4, 0.5) is 0 Å². The second kappa shape index (κ2) is 4.26. The van der Waals surface area contributed by atoms with Gasteiger partial charge in [-0.3, -0.25) is 5.32 Å².